The Morgan fingerprint density at radius 2 is 1.70 bits per heavy atom. The monoisotopic (exact) mass is 342 g/mol. The normalized spacial score (nSPS) is 10.3. The second kappa shape index (κ2) is 6.70. The summed E-state index contributed by atoms with van der Waals surface area (Å²) in [5.41, 5.74) is 4.75. The molecular formula is C15H13ClF2N2O3. The van der Waals surface area contributed by atoms with E-state index in [1.807, 2.05) is 0 Å². The third kappa shape index (κ3) is 3.45. The third-order valence-corrected chi connectivity index (χ3v) is 3.28. The van der Waals surface area contributed by atoms with Crippen LogP contribution >= 0.6 is 11.6 Å². The van der Waals surface area contributed by atoms with Crippen molar-refractivity contribution < 1.29 is 23.0 Å². The number of anilines is 2. The molecule has 0 aliphatic heterocycles. The van der Waals surface area contributed by atoms with E-state index in [4.69, 9.17) is 26.8 Å². The Hall–Kier alpha value is -2.54. The highest BCUT2D eigenvalue weighted by Crippen LogP contribution is 2.33. The fourth-order valence-electron chi connectivity index (χ4n) is 1.91. The zero-order chi connectivity index (χ0) is 17.1. The van der Waals surface area contributed by atoms with Crippen LogP contribution in [0, 0.1) is 11.6 Å². The van der Waals surface area contributed by atoms with E-state index in [9.17, 15) is 13.6 Å². The van der Waals surface area contributed by atoms with Crippen molar-refractivity contribution in [1.82, 2.24) is 0 Å². The van der Waals surface area contributed by atoms with E-state index < -0.39 is 17.5 Å². The largest absolute Gasteiger partial charge is 0.493 e. The average Bonchev–Trinajstić information content (AvgIpc) is 2.52. The van der Waals surface area contributed by atoms with Crippen LogP contribution in [0.3, 0.4) is 0 Å². The van der Waals surface area contributed by atoms with Gasteiger partial charge in [-0.2, -0.15) is 0 Å². The number of nitrogen functional groups attached to an aromatic ring is 1. The molecule has 0 aromatic heterocycles. The summed E-state index contributed by atoms with van der Waals surface area (Å²) in [5, 5.41) is 2.29. The molecule has 0 aliphatic rings. The fraction of sp³-hybridized carbons (Fsp3) is 0.133. The van der Waals surface area contributed by atoms with Gasteiger partial charge in [-0.15, -0.1) is 0 Å². The Morgan fingerprint density at radius 1 is 1.09 bits per heavy atom. The van der Waals surface area contributed by atoms with Crippen LogP contribution in [0.25, 0.3) is 0 Å². The minimum atomic E-state index is -0.838. The molecule has 2 rings (SSSR count). The molecule has 1 amide bonds. The predicted molar refractivity (Wildman–Crippen MR) is 83.3 cm³/mol. The summed E-state index contributed by atoms with van der Waals surface area (Å²) in [6.45, 7) is 0. The summed E-state index contributed by atoms with van der Waals surface area (Å²) in [7, 11) is 2.72. The van der Waals surface area contributed by atoms with Gasteiger partial charge < -0.3 is 20.5 Å². The maximum absolute atomic E-state index is 14.0. The van der Waals surface area contributed by atoms with Crippen molar-refractivity contribution in [2.24, 2.45) is 0 Å². The number of benzene rings is 2. The van der Waals surface area contributed by atoms with Crippen molar-refractivity contribution in [1.29, 1.82) is 0 Å². The zero-order valence-corrected chi connectivity index (χ0v) is 13.0. The van der Waals surface area contributed by atoms with Gasteiger partial charge in [-0.05, 0) is 12.1 Å². The predicted octanol–water partition coefficient (Wildman–Crippen LogP) is 3.47. The number of hydrogen-bond donors (Lipinski definition) is 2. The molecule has 0 radical (unpaired) electrons. The fourth-order valence-corrected chi connectivity index (χ4v) is 2.12. The SMILES string of the molecule is COc1cc(F)c(NC(=O)c2cc(Cl)cc(F)c2N)cc1OC. The first-order chi connectivity index (χ1) is 10.9. The first kappa shape index (κ1) is 16.8. The molecule has 3 N–H and O–H groups in total. The molecule has 2 aromatic rings. The van der Waals surface area contributed by atoms with Gasteiger partial charge in [-0.3, -0.25) is 4.79 Å². The van der Waals surface area contributed by atoms with E-state index in [0.29, 0.717) is 0 Å². The van der Waals surface area contributed by atoms with Gasteiger partial charge in [0.25, 0.3) is 5.91 Å². The summed E-state index contributed by atoms with van der Waals surface area (Å²) in [6, 6.07) is 4.46. The molecule has 8 heteroatoms. The molecule has 23 heavy (non-hydrogen) atoms. The van der Waals surface area contributed by atoms with Gasteiger partial charge in [0.05, 0.1) is 31.2 Å². The lowest BCUT2D eigenvalue weighted by molar-refractivity contribution is 0.102. The molecule has 0 heterocycles. The number of hydrogen-bond acceptors (Lipinski definition) is 4. The molecule has 0 saturated carbocycles. The van der Waals surface area contributed by atoms with Crippen LogP contribution < -0.4 is 20.5 Å². The lowest BCUT2D eigenvalue weighted by Gasteiger charge is -2.13. The summed E-state index contributed by atoms with van der Waals surface area (Å²) >= 11 is 5.70. The number of rotatable bonds is 4. The topological polar surface area (TPSA) is 73.6 Å². The molecule has 0 fully saturated rings. The first-order valence-corrected chi connectivity index (χ1v) is 6.72. The number of amides is 1. The summed E-state index contributed by atoms with van der Waals surface area (Å²) in [6.07, 6.45) is 0. The Morgan fingerprint density at radius 3 is 2.30 bits per heavy atom. The van der Waals surface area contributed by atoms with Crippen molar-refractivity contribution in [3.8, 4) is 11.5 Å². The van der Waals surface area contributed by atoms with Crippen molar-refractivity contribution in [3.05, 3.63) is 46.5 Å². The highest BCUT2D eigenvalue weighted by Gasteiger charge is 2.18. The first-order valence-electron chi connectivity index (χ1n) is 6.34. The third-order valence-electron chi connectivity index (χ3n) is 3.06. The quantitative estimate of drug-likeness (QED) is 0.834. The van der Waals surface area contributed by atoms with Crippen LogP contribution in [0.15, 0.2) is 24.3 Å². The van der Waals surface area contributed by atoms with Gasteiger partial charge in [0.15, 0.2) is 17.3 Å². The van der Waals surface area contributed by atoms with E-state index in [1.54, 1.807) is 0 Å². The molecular weight excluding hydrogens is 330 g/mol. The van der Waals surface area contributed by atoms with E-state index in [0.717, 1.165) is 12.1 Å². The van der Waals surface area contributed by atoms with Crippen LogP contribution in [0.4, 0.5) is 20.2 Å². The number of ether oxygens (including phenoxy) is 2. The average molecular weight is 343 g/mol. The summed E-state index contributed by atoms with van der Waals surface area (Å²) in [4.78, 5) is 12.2. The minimum absolute atomic E-state index is 0.00497. The maximum Gasteiger partial charge on any atom is 0.257 e. The number of nitrogens with two attached hydrogens (primary N) is 1. The van der Waals surface area contributed by atoms with Gasteiger partial charge in [-0.25, -0.2) is 8.78 Å². The summed E-state index contributed by atoms with van der Waals surface area (Å²) < 4.78 is 37.5. The lowest BCUT2D eigenvalue weighted by atomic mass is 10.1. The molecule has 0 atom stereocenters. The van der Waals surface area contributed by atoms with Crippen LogP contribution in [0.1, 0.15) is 10.4 Å². The number of halogens is 3. The Balaban J connectivity index is 2.38. The van der Waals surface area contributed by atoms with E-state index in [1.165, 1.54) is 26.4 Å². The van der Waals surface area contributed by atoms with Crippen LogP contribution in [-0.4, -0.2) is 20.1 Å². The van der Waals surface area contributed by atoms with Crippen LogP contribution in [-0.2, 0) is 0 Å². The Bertz CT molecular complexity index is 769. The van der Waals surface area contributed by atoms with Crippen molar-refractivity contribution >= 4 is 28.9 Å². The van der Waals surface area contributed by atoms with Gasteiger partial charge in [0.2, 0.25) is 0 Å². The molecule has 0 bridgehead atoms. The van der Waals surface area contributed by atoms with E-state index in [-0.39, 0.29) is 33.5 Å². The van der Waals surface area contributed by atoms with Crippen LogP contribution in [0.2, 0.25) is 5.02 Å². The molecule has 0 spiro atoms. The smallest absolute Gasteiger partial charge is 0.257 e. The van der Waals surface area contributed by atoms with Gasteiger partial charge in [0, 0.05) is 17.2 Å². The van der Waals surface area contributed by atoms with E-state index in [2.05, 4.69) is 5.32 Å². The molecule has 0 saturated heterocycles. The number of nitrogens with one attached hydrogen (secondary N) is 1. The number of methoxy groups -OCH3 is 2. The number of carbonyl (C=O) groups is 1. The van der Waals surface area contributed by atoms with E-state index >= 15 is 0 Å². The van der Waals surface area contributed by atoms with Crippen molar-refractivity contribution in [3.63, 3.8) is 0 Å². The minimum Gasteiger partial charge on any atom is -0.493 e. The zero-order valence-electron chi connectivity index (χ0n) is 12.2. The Labute approximate surface area is 135 Å². The second-order valence-electron chi connectivity index (χ2n) is 4.49. The summed E-state index contributed by atoms with van der Waals surface area (Å²) in [5.74, 6) is -2.02. The highest BCUT2D eigenvalue weighted by molar-refractivity contribution is 6.31. The standard InChI is InChI=1S/C15H13ClF2N2O3/c1-22-12-5-9(17)11(6-13(12)23-2)20-15(21)8-3-7(16)4-10(18)14(8)19/h3-6H,19H2,1-2H3,(H,20,21). The Kier molecular flexibility index (Phi) is 4.90. The number of carbonyl (C=O) groups excluding carboxylic acids is 1. The molecule has 2 aromatic carbocycles. The molecule has 122 valence electrons. The van der Waals surface area contributed by atoms with Gasteiger partial charge >= 0.3 is 0 Å². The van der Waals surface area contributed by atoms with Gasteiger partial charge in [0.1, 0.15) is 5.82 Å². The second-order valence-corrected chi connectivity index (χ2v) is 4.93. The lowest BCUT2D eigenvalue weighted by Crippen LogP contribution is -2.16. The van der Waals surface area contributed by atoms with Crippen LogP contribution in [0.5, 0.6) is 11.5 Å². The molecule has 5 nitrogen and oxygen atoms in total. The molecule has 0 aliphatic carbocycles. The highest BCUT2D eigenvalue weighted by atomic mass is 35.5. The maximum atomic E-state index is 14.0. The van der Waals surface area contributed by atoms with Crippen molar-refractivity contribution in [2.75, 3.05) is 25.3 Å². The molecule has 0 unspecified atom stereocenters. The van der Waals surface area contributed by atoms with Gasteiger partial charge in [-0.1, -0.05) is 11.6 Å². The van der Waals surface area contributed by atoms with Crippen molar-refractivity contribution in [2.45, 2.75) is 0 Å².